The standard InChI is InChI=1S/C32H51N3O8/c1-23(22-41-30(38)34-15-6-7-16-34)9-8-10-24(2)29-25(3)11-12-27(42-31(39)35-19-17-33(5)18-20-35)32(4,40)14-13-26(36)21-28(37)43-29/h8-12,23,25-27,29,36,40H,6-7,13-22H2,1-5H3/b9-8+,12-11+,24-10+/t23?,25-,26-,27-,29+,32-/m0/s1. The molecule has 0 aromatic carbocycles. The topological polar surface area (TPSA) is 129 Å². The number of likely N-dealkylation sites (tertiary alicyclic amines) is 1. The molecule has 3 aliphatic rings. The van der Waals surface area contributed by atoms with Crippen LogP contribution in [0.15, 0.2) is 36.0 Å². The highest BCUT2D eigenvalue weighted by molar-refractivity contribution is 5.70. The zero-order valence-electron chi connectivity index (χ0n) is 26.4. The Kier molecular flexibility index (Phi) is 13.1. The quantitative estimate of drug-likeness (QED) is 0.202. The Balaban J connectivity index is 1.71. The van der Waals surface area contributed by atoms with Gasteiger partial charge in [-0.25, -0.2) is 9.59 Å². The number of nitrogens with zero attached hydrogens (tertiary/aromatic N) is 3. The van der Waals surface area contributed by atoms with E-state index < -0.39 is 36.0 Å². The van der Waals surface area contributed by atoms with Crippen molar-refractivity contribution in [1.29, 1.82) is 0 Å². The summed E-state index contributed by atoms with van der Waals surface area (Å²) in [5.74, 6) is -0.875. The molecular weight excluding hydrogens is 554 g/mol. The van der Waals surface area contributed by atoms with Crippen molar-refractivity contribution in [3.63, 3.8) is 0 Å². The van der Waals surface area contributed by atoms with E-state index in [4.69, 9.17) is 14.2 Å². The number of hydrogen-bond acceptors (Lipinski definition) is 9. The van der Waals surface area contributed by atoms with Crippen LogP contribution < -0.4 is 0 Å². The summed E-state index contributed by atoms with van der Waals surface area (Å²) in [5.41, 5.74) is -0.688. The van der Waals surface area contributed by atoms with Crippen molar-refractivity contribution in [3.05, 3.63) is 36.0 Å². The number of aliphatic hydroxyl groups is 2. The minimum Gasteiger partial charge on any atom is -0.457 e. The van der Waals surface area contributed by atoms with Gasteiger partial charge in [-0.05, 0) is 58.2 Å². The molecule has 2 fully saturated rings. The smallest absolute Gasteiger partial charge is 0.410 e. The zero-order chi connectivity index (χ0) is 31.6. The molecule has 0 aliphatic carbocycles. The van der Waals surface area contributed by atoms with Gasteiger partial charge in [-0.15, -0.1) is 0 Å². The van der Waals surface area contributed by atoms with E-state index >= 15 is 0 Å². The van der Waals surface area contributed by atoms with E-state index in [-0.39, 0.29) is 43.8 Å². The molecule has 43 heavy (non-hydrogen) atoms. The summed E-state index contributed by atoms with van der Waals surface area (Å²) in [6, 6.07) is 0. The van der Waals surface area contributed by atoms with Crippen LogP contribution in [0, 0.1) is 11.8 Å². The first-order valence-corrected chi connectivity index (χ1v) is 15.5. The van der Waals surface area contributed by atoms with E-state index in [0.29, 0.717) is 13.1 Å². The zero-order valence-corrected chi connectivity index (χ0v) is 26.4. The average molecular weight is 606 g/mol. The molecule has 11 heteroatoms. The van der Waals surface area contributed by atoms with Crippen molar-refractivity contribution in [2.45, 2.75) is 83.7 Å². The van der Waals surface area contributed by atoms with Crippen molar-refractivity contribution in [2.24, 2.45) is 11.8 Å². The summed E-state index contributed by atoms with van der Waals surface area (Å²) in [7, 11) is 2.00. The van der Waals surface area contributed by atoms with E-state index in [1.54, 1.807) is 28.9 Å². The van der Waals surface area contributed by atoms with Gasteiger partial charge in [0, 0.05) is 51.1 Å². The van der Waals surface area contributed by atoms with Crippen LogP contribution in [0.25, 0.3) is 0 Å². The molecule has 0 aromatic heterocycles. The second-order valence-electron chi connectivity index (χ2n) is 12.5. The third-order valence-corrected chi connectivity index (χ3v) is 8.40. The average Bonchev–Trinajstić information content (AvgIpc) is 3.50. The van der Waals surface area contributed by atoms with Gasteiger partial charge in [-0.1, -0.05) is 38.2 Å². The summed E-state index contributed by atoms with van der Waals surface area (Å²) in [6.45, 7) is 11.6. The molecule has 2 amide bonds. The predicted molar refractivity (Wildman–Crippen MR) is 162 cm³/mol. The molecule has 6 atom stereocenters. The molecule has 3 heterocycles. The van der Waals surface area contributed by atoms with Crippen molar-refractivity contribution < 1.29 is 38.8 Å². The van der Waals surface area contributed by atoms with Gasteiger partial charge in [-0.2, -0.15) is 0 Å². The highest BCUT2D eigenvalue weighted by Gasteiger charge is 2.36. The SMILES string of the molecule is C/C(=C\C=C\C(C)COC(=O)N1CCCC1)[C@H]1OC(=O)C[C@@H](O)CC[C@](C)(O)[C@@H](OC(=O)N2CCN(C)CC2)/C=C/[C@@H]1C. The monoisotopic (exact) mass is 605 g/mol. The van der Waals surface area contributed by atoms with Gasteiger partial charge in [0.15, 0.2) is 6.10 Å². The van der Waals surface area contributed by atoms with E-state index in [9.17, 15) is 24.6 Å². The molecule has 3 aliphatic heterocycles. The van der Waals surface area contributed by atoms with E-state index in [2.05, 4.69) is 4.90 Å². The van der Waals surface area contributed by atoms with Crippen LogP contribution in [0.3, 0.4) is 0 Å². The lowest BCUT2D eigenvalue weighted by Crippen LogP contribution is -2.50. The van der Waals surface area contributed by atoms with Gasteiger partial charge in [0.1, 0.15) is 11.7 Å². The number of aliphatic hydroxyl groups excluding tert-OH is 1. The third kappa shape index (κ3) is 11.0. The van der Waals surface area contributed by atoms with Crippen LogP contribution in [0.5, 0.6) is 0 Å². The molecule has 11 nitrogen and oxygen atoms in total. The number of amides is 2. The second-order valence-corrected chi connectivity index (χ2v) is 12.5. The van der Waals surface area contributed by atoms with Gasteiger partial charge in [0.25, 0.3) is 0 Å². The van der Waals surface area contributed by atoms with Crippen LogP contribution in [-0.4, -0.2) is 120 Å². The van der Waals surface area contributed by atoms with Crippen molar-refractivity contribution in [1.82, 2.24) is 14.7 Å². The van der Waals surface area contributed by atoms with E-state index in [0.717, 1.165) is 44.6 Å². The van der Waals surface area contributed by atoms with Crippen LogP contribution in [0.1, 0.15) is 59.8 Å². The first-order valence-electron chi connectivity index (χ1n) is 15.5. The lowest BCUT2D eigenvalue weighted by atomic mass is 9.89. The predicted octanol–water partition coefficient (Wildman–Crippen LogP) is 3.51. The fraction of sp³-hybridized carbons (Fsp3) is 0.719. The summed E-state index contributed by atoms with van der Waals surface area (Å²) in [4.78, 5) is 43.4. The number of esters is 1. The Morgan fingerprint density at radius 3 is 2.44 bits per heavy atom. The number of allylic oxidation sites excluding steroid dienone is 2. The van der Waals surface area contributed by atoms with Gasteiger partial charge in [-0.3, -0.25) is 4.79 Å². The van der Waals surface area contributed by atoms with Gasteiger partial charge in [0.05, 0.1) is 19.1 Å². The molecule has 2 N–H and O–H groups in total. The summed E-state index contributed by atoms with van der Waals surface area (Å²) in [6.07, 6.45) is 7.76. The number of piperazine rings is 1. The van der Waals surface area contributed by atoms with Crippen LogP contribution in [0.4, 0.5) is 9.59 Å². The molecule has 0 aromatic rings. The van der Waals surface area contributed by atoms with E-state index in [1.807, 2.05) is 46.0 Å². The maximum absolute atomic E-state index is 13.0. The summed E-state index contributed by atoms with van der Waals surface area (Å²) in [5, 5.41) is 21.9. The number of cyclic esters (lactones) is 1. The Morgan fingerprint density at radius 1 is 1.12 bits per heavy atom. The fourth-order valence-corrected chi connectivity index (χ4v) is 5.36. The van der Waals surface area contributed by atoms with E-state index in [1.165, 1.54) is 0 Å². The minimum absolute atomic E-state index is 0.0140. The number of hydrogen-bond donors (Lipinski definition) is 2. The number of rotatable bonds is 6. The number of likely N-dealkylation sites (N-methyl/N-ethyl adjacent to an activating group) is 1. The second kappa shape index (κ2) is 16.3. The molecule has 0 radical (unpaired) electrons. The molecule has 0 spiro atoms. The number of carbonyl (C=O) groups excluding carboxylic acids is 3. The van der Waals surface area contributed by atoms with Crippen molar-refractivity contribution in [3.8, 4) is 0 Å². The van der Waals surface area contributed by atoms with Crippen LogP contribution in [0.2, 0.25) is 0 Å². The normalized spacial score (nSPS) is 31.6. The third-order valence-electron chi connectivity index (χ3n) is 8.40. The fourth-order valence-electron chi connectivity index (χ4n) is 5.36. The minimum atomic E-state index is -1.46. The first kappa shape index (κ1) is 34.6. The lowest BCUT2D eigenvalue weighted by Gasteiger charge is -2.36. The Morgan fingerprint density at radius 2 is 1.77 bits per heavy atom. The van der Waals surface area contributed by atoms with Crippen LogP contribution >= 0.6 is 0 Å². The molecule has 0 saturated carbocycles. The van der Waals surface area contributed by atoms with Crippen molar-refractivity contribution >= 4 is 18.2 Å². The van der Waals surface area contributed by atoms with Gasteiger partial charge < -0.3 is 39.1 Å². The molecular formula is C32H51N3O8. The summed E-state index contributed by atoms with van der Waals surface area (Å²) < 4.78 is 17.1. The molecule has 1 unspecified atom stereocenters. The molecule has 0 bridgehead atoms. The Bertz CT molecular complexity index is 1030. The summed E-state index contributed by atoms with van der Waals surface area (Å²) >= 11 is 0. The number of ether oxygens (including phenoxy) is 3. The highest BCUT2D eigenvalue weighted by Crippen LogP contribution is 2.27. The highest BCUT2D eigenvalue weighted by atomic mass is 16.6. The van der Waals surface area contributed by atoms with Gasteiger partial charge in [0.2, 0.25) is 0 Å². The van der Waals surface area contributed by atoms with Gasteiger partial charge >= 0.3 is 18.2 Å². The lowest BCUT2D eigenvalue weighted by molar-refractivity contribution is -0.151. The largest absolute Gasteiger partial charge is 0.457 e. The molecule has 3 rings (SSSR count). The molecule has 242 valence electrons. The first-order chi connectivity index (χ1) is 20.4. The van der Waals surface area contributed by atoms with Crippen molar-refractivity contribution in [2.75, 3.05) is 52.9 Å². The van der Waals surface area contributed by atoms with Crippen LogP contribution in [-0.2, 0) is 19.0 Å². The molecule has 2 saturated heterocycles. The Labute approximate surface area is 256 Å². The number of carbonyl (C=O) groups is 3. The maximum Gasteiger partial charge on any atom is 0.410 e. The maximum atomic E-state index is 13.0. The Hall–Kier alpha value is -2.89.